The van der Waals surface area contributed by atoms with Gasteiger partial charge in [0.1, 0.15) is 0 Å². The summed E-state index contributed by atoms with van der Waals surface area (Å²) in [5.41, 5.74) is 1.44. The molecule has 0 spiro atoms. The molecule has 2 bridgehead atoms. The number of hydrogen-bond donors (Lipinski definition) is 0. The van der Waals surface area contributed by atoms with Gasteiger partial charge in [-0.05, 0) is 50.0 Å². The van der Waals surface area contributed by atoms with Crippen molar-refractivity contribution in [1.29, 1.82) is 5.26 Å². The lowest BCUT2D eigenvalue weighted by Gasteiger charge is -2.47. The molecule has 0 saturated carbocycles. The number of benzene rings is 1. The first-order chi connectivity index (χ1) is 10.8. The highest BCUT2D eigenvalue weighted by atomic mass is 16.2. The summed E-state index contributed by atoms with van der Waals surface area (Å²) in [6, 6.07) is 9.96. The third kappa shape index (κ3) is 2.15. The predicted octanol–water partition coefficient (Wildman–Crippen LogP) is 1.89. The lowest BCUT2D eigenvalue weighted by molar-refractivity contribution is 0.0300. The van der Waals surface area contributed by atoms with Crippen LogP contribution >= 0.6 is 0 Å². The zero-order valence-corrected chi connectivity index (χ0v) is 12.6. The molecule has 2 amide bonds. The number of carbonyl (C=O) groups excluding carboxylic acids is 1. The van der Waals surface area contributed by atoms with Gasteiger partial charge in [-0.15, -0.1) is 0 Å². The Morgan fingerprint density at radius 2 is 1.95 bits per heavy atom. The lowest BCUT2D eigenvalue weighted by Crippen LogP contribution is -2.58. The van der Waals surface area contributed by atoms with Crippen molar-refractivity contribution in [2.45, 2.75) is 18.9 Å². The molecule has 5 rings (SSSR count). The van der Waals surface area contributed by atoms with Gasteiger partial charge in [0, 0.05) is 31.4 Å². The molecule has 0 aromatic heterocycles. The molecule has 1 aromatic rings. The van der Waals surface area contributed by atoms with Crippen LogP contribution in [0.5, 0.6) is 0 Å². The number of fused-ring (bicyclic) bond motifs is 3. The normalized spacial score (nSPS) is 30.7. The van der Waals surface area contributed by atoms with Gasteiger partial charge >= 0.3 is 6.03 Å². The van der Waals surface area contributed by atoms with E-state index in [4.69, 9.17) is 5.26 Å². The summed E-state index contributed by atoms with van der Waals surface area (Å²) in [4.78, 5) is 19.2. The van der Waals surface area contributed by atoms with E-state index in [-0.39, 0.29) is 6.03 Å². The van der Waals surface area contributed by atoms with Gasteiger partial charge < -0.3 is 9.80 Å². The number of anilines is 1. The number of rotatable bonds is 2. The van der Waals surface area contributed by atoms with Crippen molar-refractivity contribution in [3.8, 4) is 6.07 Å². The second-order valence-electron chi connectivity index (χ2n) is 6.50. The molecule has 4 heterocycles. The van der Waals surface area contributed by atoms with Crippen molar-refractivity contribution in [1.82, 2.24) is 9.80 Å². The molecule has 4 saturated heterocycles. The Kier molecular flexibility index (Phi) is 3.27. The minimum Gasteiger partial charge on any atom is -0.318 e. The van der Waals surface area contributed by atoms with Crippen LogP contribution in [0.3, 0.4) is 0 Å². The molecule has 0 radical (unpaired) electrons. The van der Waals surface area contributed by atoms with E-state index in [1.807, 2.05) is 17.0 Å². The first kappa shape index (κ1) is 13.6. The van der Waals surface area contributed by atoms with E-state index in [9.17, 15) is 4.79 Å². The van der Waals surface area contributed by atoms with Crippen molar-refractivity contribution < 1.29 is 4.79 Å². The Morgan fingerprint density at radius 1 is 1.14 bits per heavy atom. The Labute approximate surface area is 130 Å². The molecule has 0 aliphatic carbocycles. The standard InChI is InChI=1S/C17H20N4O/c18-11-13-2-1-3-15(10-13)20-8-9-21(17(20)22)16-12-19-6-4-14(16)5-7-19/h1-3,10,14,16H,4-9,12H2. The molecule has 22 heavy (non-hydrogen) atoms. The van der Waals surface area contributed by atoms with Crippen molar-refractivity contribution in [3.63, 3.8) is 0 Å². The SMILES string of the molecule is N#Cc1cccc(N2CCN(C3CN4CCC3CC4)C2=O)c1. The Balaban J connectivity index is 1.54. The second-order valence-corrected chi connectivity index (χ2v) is 6.50. The highest BCUT2D eigenvalue weighted by Gasteiger charge is 2.43. The largest absolute Gasteiger partial charge is 0.324 e. The summed E-state index contributed by atoms with van der Waals surface area (Å²) in [6.07, 6.45) is 2.44. The molecule has 5 heteroatoms. The fraction of sp³-hybridized carbons (Fsp3) is 0.529. The molecular formula is C17H20N4O. The third-order valence-corrected chi connectivity index (χ3v) is 5.35. The smallest absolute Gasteiger partial charge is 0.318 e. The van der Waals surface area contributed by atoms with E-state index >= 15 is 0 Å². The van der Waals surface area contributed by atoms with E-state index in [1.165, 1.54) is 25.9 Å². The Bertz CT molecular complexity index is 630. The molecule has 0 N–H and O–H groups in total. The van der Waals surface area contributed by atoms with Crippen molar-refractivity contribution >= 4 is 11.7 Å². The maximum Gasteiger partial charge on any atom is 0.324 e. The van der Waals surface area contributed by atoms with Gasteiger partial charge in [-0.3, -0.25) is 4.90 Å². The summed E-state index contributed by atoms with van der Waals surface area (Å²) in [5, 5.41) is 9.03. The van der Waals surface area contributed by atoms with Crippen LogP contribution in [-0.4, -0.2) is 54.6 Å². The maximum atomic E-state index is 12.8. The number of piperidine rings is 3. The van der Waals surface area contributed by atoms with Crippen LogP contribution in [0.25, 0.3) is 0 Å². The third-order valence-electron chi connectivity index (χ3n) is 5.35. The predicted molar refractivity (Wildman–Crippen MR) is 83.6 cm³/mol. The molecule has 5 nitrogen and oxygen atoms in total. The maximum absolute atomic E-state index is 12.8. The summed E-state index contributed by atoms with van der Waals surface area (Å²) in [7, 11) is 0. The van der Waals surface area contributed by atoms with E-state index in [0.29, 0.717) is 17.5 Å². The lowest BCUT2D eigenvalue weighted by atomic mass is 9.83. The molecule has 1 unspecified atom stereocenters. The number of amides is 2. The van der Waals surface area contributed by atoms with Crippen LogP contribution in [-0.2, 0) is 0 Å². The fourth-order valence-electron chi connectivity index (χ4n) is 4.13. The van der Waals surface area contributed by atoms with Gasteiger partial charge in [-0.2, -0.15) is 5.26 Å². The number of carbonyl (C=O) groups is 1. The average Bonchev–Trinajstić information content (AvgIpc) is 2.97. The first-order valence-electron chi connectivity index (χ1n) is 8.07. The van der Waals surface area contributed by atoms with Crippen LogP contribution in [0.1, 0.15) is 18.4 Å². The highest BCUT2D eigenvalue weighted by Crippen LogP contribution is 2.33. The van der Waals surface area contributed by atoms with Gasteiger partial charge in [-0.1, -0.05) is 6.07 Å². The zero-order valence-electron chi connectivity index (χ0n) is 12.6. The molecule has 4 aliphatic heterocycles. The summed E-state index contributed by atoms with van der Waals surface area (Å²) < 4.78 is 0. The van der Waals surface area contributed by atoms with Gasteiger partial charge in [0.15, 0.2) is 0 Å². The van der Waals surface area contributed by atoms with Gasteiger partial charge in [-0.25, -0.2) is 4.79 Å². The van der Waals surface area contributed by atoms with Gasteiger partial charge in [0.2, 0.25) is 0 Å². The molecule has 4 aliphatic rings. The van der Waals surface area contributed by atoms with Crippen LogP contribution in [0.4, 0.5) is 10.5 Å². The van der Waals surface area contributed by atoms with Crippen LogP contribution < -0.4 is 4.90 Å². The van der Waals surface area contributed by atoms with E-state index in [1.54, 1.807) is 12.1 Å². The fourth-order valence-corrected chi connectivity index (χ4v) is 4.13. The zero-order chi connectivity index (χ0) is 15.1. The van der Waals surface area contributed by atoms with Crippen LogP contribution in [0, 0.1) is 17.2 Å². The molecular weight excluding hydrogens is 276 g/mol. The number of nitrogens with zero attached hydrogens (tertiary/aromatic N) is 4. The van der Waals surface area contributed by atoms with Gasteiger partial charge in [0.25, 0.3) is 0 Å². The van der Waals surface area contributed by atoms with Crippen molar-refractivity contribution in [2.75, 3.05) is 37.6 Å². The minimum atomic E-state index is 0.105. The molecule has 114 valence electrons. The van der Waals surface area contributed by atoms with E-state index < -0.39 is 0 Å². The van der Waals surface area contributed by atoms with Crippen LogP contribution in [0.15, 0.2) is 24.3 Å². The molecule has 4 fully saturated rings. The molecule has 1 atom stereocenters. The topological polar surface area (TPSA) is 50.6 Å². The first-order valence-corrected chi connectivity index (χ1v) is 8.07. The van der Waals surface area contributed by atoms with Gasteiger partial charge in [0.05, 0.1) is 11.6 Å². The monoisotopic (exact) mass is 296 g/mol. The number of urea groups is 1. The number of nitriles is 1. The van der Waals surface area contributed by atoms with E-state index in [2.05, 4.69) is 15.9 Å². The highest BCUT2D eigenvalue weighted by molar-refractivity contribution is 5.94. The second kappa shape index (κ2) is 5.29. The summed E-state index contributed by atoms with van der Waals surface area (Å²) >= 11 is 0. The van der Waals surface area contributed by atoms with Crippen LogP contribution in [0.2, 0.25) is 0 Å². The van der Waals surface area contributed by atoms with Crippen molar-refractivity contribution in [2.24, 2.45) is 5.92 Å². The minimum absolute atomic E-state index is 0.105. The quantitative estimate of drug-likeness (QED) is 0.837. The average molecular weight is 296 g/mol. The molecule has 1 aromatic carbocycles. The Hall–Kier alpha value is -2.06. The van der Waals surface area contributed by atoms with Crippen molar-refractivity contribution in [3.05, 3.63) is 29.8 Å². The summed E-state index contributed by atoms with van der Waals surface area (Å²) in [5.74, 6) is 0.666. The summed E-state index contributed by atoms with van der Waals surface area (Å²) in [6.45, 7) is 4.93. The number of hydrogen-bond acceptors (Lipinski definition) is 3. The Morgan fingerprint density at radius 3 is 2.64 bits per heavy atom. The van der Waals surface area contributed by atoms with E-state index in [0.717, 1.165) is 25.3 Å².